The van der Waals surface area contributed by atoms with Crippen LogP contribution in [0.4, 0.5) is 24.7 Å². The Bertz CT molecular complexity index is 977. The molecule has 7 nitrogen and oxygen atoms in total. The Hall–Kier alpha value is -2.14. The molecule has 0 saturated heterocycles. The van der Waals surface area contributed by atoms with Gasteiger partial charge in [-0.3, -0.25) is 4.79 Å². The van der Waals surface area contributed by atoms with Gasteiger partial charge in [0.05, 0.1) is 17.9 Å². The van der Waals surface area contributed by atoms with Gasteiger partial charge in [0.1, 0.15) is 25.4 Å². The van der Waals surface area contributed by atoms with Crippen molar-refractivity contribution < 1.29 is 27.5 Å². The molecule has 0 spiro atoms. The Morgan fingerprint density at radius 1 is 1.19 bits per heavy atom. The molecule has 1 atom stereocenters. The molecule has 36 heavy (non-hydrogen) atoms. The molecule has 0 aromatic carbocycles. The first-order chi connectivity index (χ1) is 16.9. The number of carbonyl (C=O) groups excluding carboxylic acids is 2. The number of aromatic nitrogens is 1. The number of anilines is 2. The fourth-order valence-electron chi connectivity index (χ4n) is 5.47. The van der Waals surface area contributed by atoms with Crippen LogP contribution in [0.15, 0.2) is 6.20 Å². The van der Waals surface area contributed by atoms with E-state index >= 15 is 0 Å². The molecule has 1 saturated carbocycles. The Labute approximate surface area is 212 Å². The lowest BCUT2D eigenvalue weighted by Crippen LogP contribution is -2.54. The Morgan fingerprint density at radius 3 is 2.50 bits per heavy atom. The molecule has 0 N–H and O–H groups in total. The van der Waals surface area contributed by atoms with Gasteiger partial charge in [0, 0.05) is 44.4 Å². The number of rotatable bonds is 8. The summed E-state index contributed by atoms with van der Waals surface area (Å²) in [7, 11) is -1.22. The van der Waals surface area contributed by atoms with E-state index < -0.39 is 26.7 Å². The van der Waals surface area contributed by atoms with Crippen molar-refractivity contribution in [2.75, 3.05) is 36.4 Å². The minimum Gasteiger partial charge on any atom is -0.361 e. The van der Waals surface area contributed by atoms with Gasteiger partial charge in [-0.15, -0.1) is 0 Å². The summed E-state index contributed by atoms with van der Waals surface area (Å²) in [5, 5.41) is 0. The van der Waals surface area contributed by atoms with Crippen molar-refractivity contribution in [1.29, 1.82) is 0 Å². The molecule has 1 unspecified atom stereocenters. The normalized spacial score (nSPS) is 24.7. The minimum atomic E-state index is -4.49. The lowest BCUT2D eigenvalue weighted by Gasteiger charge is -2.45. The van der Waals surface area contributed by atoms with Crippen LogP contribution in [-0.2, 0) is 16.0 Å². The van der Waals surface area contributed by atoms with Crippen LogP contribution < -0.4 is 9.80 Å². The van der Waals surface area contributed by atoms with Gasteiger partial charge in [0.2, 0.25) is 0 Å². The van der Waals surface area contributed by atoms with Crippen LogP contribution in [0.3, 0.4) is 0 Å². The molecule has 4 rings (SSSR count). The van der Waals surface area contributed by atoms with Crippen LogP contribution in [-0.4, -0.2) is 75.0 Å². The first kappa shape index (κ1) is 26.9. The number of aldehydes is 1. The van der Waals surface area contributed by atoms with E-state index in [9.17, 15) is 22.8 Å². The molecule has 2 aliphatic heterocycles. The molecule has 1 aromatic rings. The van der Waals surface area contributed by atoms with Crippen LogP contribution in [0, 0.1) is 5.92 Å². The summed E-state index contributed by atoms with van der Waals surface area (Å²) in [6.07, 6.45) is 1.38. The predicted molar refractivity (Wildman–Crippen MR) is 135 cm³/mol. The van der Waals surface area contributed by atoms with Gasteiger partial charge in [-0.05, 0) is 45.1 Å². The lowest BCUT2D eigenvalue weighted by atomic mass is 9.85. The number of halogens is 3. The van der Waals surface area contributed by atoms with Crippen LogP contribution in [0.2, 0.25) is 25.7 Å². The van der Waals surface area contributed by atoms with E-state index in [1.165, 1.54) is 6.20 Å². The molecule has 3 aliphatic rings. The third kappa shape index (κ3) is 5.87. The van der Waals surface area contributed by atoms with Gasteiger partial charge in [0.15, 0.2) is 0 Å². The highest BCUT2D eigenvalue weighted by molar-refractivity contribution is 6.76. The maximum atomic E-state index is 13.3. The van der Waals surface area contributed by atoms with Crippen molar-refractivity contribution in [3.63, 3.8) is 0 Å². The first-order valence-corrected chi connectivity index (χ1v) is 16.5. The zero-order valence-corrected chi connectivity index (χ0v) is 22.6. The maximum absolute atomic E-state index is 13.3. The smallest absolute Gasteiger partial charge is 0.361 e. The fourth-order valence-corrected chi connectivity index (χ4v) is 6.23. The average molecular weight is 527 g/mol. The molecule has 1 amide bonds. The number of nitrogens with zero attached hydrogens (tertiary/aromatic N) is 4. The average Bonchev–Trinajstić information content (AvgIpc) is 3.12. The molecule has 3 heterocycles. The molecular formula is C25H37F3N4O3Si. The molecule has 0 bridgehead atoms. The van der Waals surface area contributed by atoms with Crippen LogP contribution in [0.25, 0.3) is 0 Å². The highest BCUT2D eigenvalue weighted by Gasteiger charge is 2.43. The summed E-state index contributed by atoms with van der Waals surface area (Å²) in [5.41, 5.74) is 1.86. The zero-order valence-electron chi connectivity index (χ0n) is 21.6. The summed E-state index contributed by atoms with van der Waals surface area (Å²) >= 11 is 0. The van der Waals surface area contributed by atoms with Gasteiger partial charge >= 0.3 is 6.18 Å². The summed E-state index contributed by atoms with van der Waals surface area (Å²) in [4.78, 5) is 33.9. The summed E-state index contributed by atoms with van der Waals surface area (Å²) < 4.78 is 45.9. The van der Waals surface area contributed by atoms with Crippen LogP contribution in [0.5, 0.6) is 0 Å². The first-order valence-electron chi connectivity index (χ1n) is 12.8. The van der Waals surface area contributed by atoms with Crippen molar-refractivity contribution in [2.24, 2.45) is 5.92 Å². The molecule has 1 aromatic heterocycles. The predicted octanol–water partition coefficient (Wildman–Crippen LogP) is 4.68. The second-order valence-electron chi connectivity index (χ2n) is 11.6. The molecule has 1 fully saturated rings. The maximum Gasteiger partial charge on any atom is 0.406 e. The number of pyridine rings is 1. The van der Waals surface area contributed by atoms with E-state index in [1.54, 1.807) is 0 Å². The molecular weight excluding hydrogens is 489 g/mol. The van der Waals surface area contributed by atoms with Crippen LogP contribution in [0.1, 0.15) is 48.5 Å². The summed E-state index contributed by atoms with van der Waals surface area (Å²) in [6.45, 7) is 8.64. The van der Waals surface area contributed by atoms with Crippen molar-refractivity contribution in [3.8, 4) is 0 Å². The number of carbonyl (C=O) groups is 2. The van der Waals surface area contributed by atoms with Crippen LogP contribution >= 0.6 is 0 Å². The van der Waals surface area contributed by atoms with E-state index in [-0.39, 0.29) is 30.2 Å². The summed E-state index contributed by atoms with van der Waals surface area (Å²) in [5.74, 6) is 0.108. The zero-order chi connectivity index (χ0) is 26.3. The highest BCUT2D eigenvalue weighted by atomic mass is 28.3. The Morgan fingerprint density at radius 2 is 1.89 bits per heavy atom. The third-order valence-corrected chi connectivity index (χ3v) is 9.23. The molecule has 1 aliphatic carbocycles. The van der Waals surface area contributed by atoms with Crippen molar-refractivity contribution in [2.45, 2.75) is 83.0 Å². The minimum absolute atomic E-state index is 0.00889. The van der Waals surface area contributed by atoms with Crippen molar-refractivity contribution in [1.82, 2.24) is 9.88 Å². The fraction of sp³-hybridized carbons (Fsp3) is 0.720. The third-order valence-electron chi connectivity index (χ3n) is 7.53. The number of alkyl halides is 3. The summed E-state index contributed by atoms with van der Waals surface area (Å²) in [6, 6.07) is 1.12. The van der Waals surface area contributed by atoms with E-state index in [1.807, 2.05) is 4.90 Å². The Kier molecular flexibility index (Phi) is 7.71. The van der Waals surface area contributed by atoms with Gasteiger partial charge in [0.25, 0.3) is 5.91 Å². The number of ether oxygens (including phenoxy) is 1. The number of fused-ring (bicyclic) bond motifs is 3. The SMILES string of the molecule is CC1Cc2c(ncc3c2N([C@H]2CC[C@H](C=O)CC2)CN(CC(F)(F)F)C3=O)N1COCC[Si](C)(C)C. The van der Waals surface area contributed by atoms with Crippen molar-refractivity contribution >= 4 is 31.8 Å². The standard InChI is InChI=1S/C25H37F3N4O3Si/c1-17-11-20-22-21(12-29-23(20)32(17)16-35-9-10-36(2,3)4)24(34)30(14-25(26,27)28)15-31(22)19-7-5-18(13-33)6-8-19/h12-13,17-19H,5-11,14-16H2,1-4H3/t17?,18-,19-. The second kappa shape index (κ2) is 10.3. The van der Waals surface area contributed by atoms with E-state index in [2.05, 4.69) is 36.4 Å². The van der Waals surface area contributed by atoms with Gasteiger partial charge in [-0.25, -0.2) is 4.98 Å². The molecule has 200 valence electrons. The monoisotopic (exact) mass is 526 g/mol. The number of amides is 1. The molecule has 11 heteroatoms. The highest BCUT2D eigenvalue weighted by Crippen LogP contribution is 2.44. The van der Waals surface area contributed by atoms with E-state index in [4.69, 9.17) is 4.74 Å². The number of hydrogen-bond donors (Lipinski definition) is 0. The topological polar surface area (TPSA) is 66.0 Å². The van der Waals surface area contributed by atoms with Gasteiger partial charge in [-0.1, -0.05) is 19.6 Å². The number of hydrogen-bond acceptors (Lipinski definition) is 6. The largest absolute Gasteiger partial charge is 0.406 e. The Balaban J connectivity index is 1.64. The van der Waals surface area contributed by atoms with Gasteiger partial charge in [-0.2, -0.15) is 13.2 Å². The quantitative estimate of drug-likeness (QED) is 0.278. The van der Waals surface area contributed by atoms with Crippen molar-refractivity contribution in [3.05, 3.63) is 17.3 Å². The van der Waals surface area contributed by atoms with E-state index in [0.717, 1.165) is 34.3 Å². The lowest BCUT2D eigenvalue weighted by molar-refractivity contribution is -0.141. The van der Waals surface area contributed by atoms with E-state index in [0.29, 0.717) is 45.4 Å². The second-order valence-corrected chi connectivity index (χ2v) is 17.2. The van der Waals surface area contributed by atoms with Gasteiger partial charge < -0.3 is 24.2 Å². The molecule has 0 radical (unpaired) electrons.